The normalized spacial score (nSPS) is 14.2. The maximum atomic E-state index is 12.7. The van der Waals surface area contributed by atoms with Crippen LogP contribution in [0.2, 0.25) is 0 Å². The SMILES string of the molecule is CSCCC(N)C(=O)NC(CC(N)=O)C(=O)NC(CS)C(=O)NC(Cc1ccccc1)C(=O)O. The molecular formula is C21H31N5O6S2. The van der Waals surface area contributed by atoms with Crippen LogP contribution in [0.3, 0.4) is 0 Å². The summed E-state index contributed by atoms with van der Waals surface area (Å²) < 4.78 is 0. The molecule has 1 aromatic carbocycles. The Morgan fingerprint density at radius 1 is 0.971 bits per heavy atom. The highest BCUT2D eigenvalue weighted by Crippen LogP contribution is 2.05. The van der Waals surface area contributed by atoms with Gasteiger partial charge in [-0.3, -0.25) is 19.2 Å². The van der Waals surface area contributed by atoms with E-state index in [0.29, 0.717) is 17.7 Å². The van der Waals surface area contributed by atoms with E-state index >= 15 is 0 Å². The minimum atomic E-state index is -1.36. The standard InChI is InChI=1S/C21H31N5O6S2/c1-34-8-7-13(22)18(28)24-14(10-17(23)27)19(29)26-16(11-33)20(30)25-15(21(31)32)9-12-5-3-2-4-6-12/h2-6,13-16,33H,7-11,22H2,1H3,(H2,23,27)(H,24,28)(H,25,30)(H,26,29)(H,31,32). The van der Waals surface area contributed by atoms with Gasteiger partial charge < -0.3 is 32.5 Å². The van der Waals surface area contributed by atoms with Crippen LogP contribution in [0.25, 0.3) is 0 Å². The molecule has 4 unspecified atom stereocenters. The van der Waals surface area contributed by atoms with Crippen molar-refractivity contribution in [2.45, 2.75) is 43.4 Å². The van der Waals surface area contributed by atoms with Crippen LogP contribution in [0, 0.1) is 0 Å². The monoisotopic (exact) mass is 513 g/mol. The minimum Gasteiger partial charge on any atom is -0.480 e. The summed E-state index contributed by atoms with van der Waals surface area (Å²) >= 11 is 5.55. The molecule has 0 spiro atoms. The van der Waals surface area contributed by atoms with Gasteiger partial charge in [-0.05, 0) is 24.0 Å². The van der Waals surface area contributed by atoms with Crippen LogP contribution in [0.5, 0.6) is 0 Å². The fourth-order valence-electron chi connectivity index (χ4n) is 2.85. The highest BCUT2D eigenvalue weighted by molar-refractivity contribution is 7.98. The number of carboxylic acid groups (broad SMARTS) is 1. The topological polar surface area (TPSA) is 194 Å². The van der Waals surface area contributed by atoms with E-state index in [4.69, 9.17) is 11.5 Å². The van der Waals surface area contributed by atoms with Gasteiger partial charge in [-0.15, -0.1) is 0 Å². The number of carbonyl (C=O) groups excluding carboxylic acids is 4. The number of rotatable bonds is 15. The van der Waals surface area contributed by atoms with Crippen molar-refractivity contribution in [1.82, 2.24) is 16.0 Å². The van der Waals surface area contributed by atoms with Gasteiger partial charge in [0.2, 0.25) is 23.6 Å². The number of benzene rings is 1. The van der Waals surface area contributed by atoms with Gasteiger partial charge in [0.15, 0.2) is 0 Å². The van der Waals surface area contributed by atoms with Crippen molar-refractivity contribution in [3.63, 3.8) is 0 Å². The Labute approximate surface area is 207 Å². The van der Waals surface area contributed by atoms with Crippen molar-refractivity contribution in [2.75, 3.05) is 17.8 Å². The summed E-state index contributed by atoms with van der Waals surface area (Å²) in [5.41, 5.74) is 11.7. The second kappa shape index (κ2) is 15.2. The largest absolute Gasteiger partial charge is 0.480 e. The fraction of sp³-hybridized carbons (Fsp3) is 0.476. The third-order valence-electron chi connectivity index (χ3n) is 4.72. The van der Waals surface area contributed by atoms with E-state index in [-0.39, 0.29) is 12.2 Å². The molecule has 0 saturated heterocycles. The molecule has 4 atom stereocenters. The lowest BCUT2D eigenvalue weighted by Crippen LogP contribution is -2.58. The molecule has 1 aromatic rings. The van der Waals surface area contributed by atoms with Gasteiger partial charge in [-0.1, -0.05) is 30.3 Å². The van der Waals surface area contributed by atoms with Crippen molar-refractivity contribution in [1.29, 1.82) is 0 Å². The Morgan fingerprint density at radius 3 is 2.06 bits per heavy atom. The molecule has 0 aliphatic heterocycles. The second-order valence-corrected chi connectivity index (χ2v) is 8.80. The van der Waals surface area contributed by atoms with E-state index in [2.05, 4.69) is 28.6 Å². The van der Waals surface area contributed by atoms with Crippen LogP contribution in [0.15, 0.2) is 30.3 Å². The first-order valence-electron chi connectivity index (χ1n) is 10.4. The molecule has 1 rings (SSSR count). The summed E-state index contributed by atoms with van der Waals surface area (Å²) in [5, 5.41) is 16.6. The summed E-state index contributed by atoms with van der Waals surface area (Å²) in [6, 6.07) is 3.98. The lowest BCUT2D eigenvalue weighted by atomic mass is 10.1. The zero-order valence-electron chi connectivity index (χ0n) is 18.7. The Balaban J connectivity index is 2.85. The summed E-state index contributed by atoms with van der Waals surface area (Å²) in [5.74, 6) is -3.92. The molecule has 11 nitrogen and oxygen atoms in total. The van der Waals surface area contributed by atoms with Gasteiger partial charge in [0.05, 0.1) is 12.5 Å². The average Bonchev–Trinajstić information content (AvgIpc) is 2.79. The number of carboxylic acids is 1. The van der Waals surface area contributed by atoms with E-state index in [1.54, 1.807) is 30.3 Å². The van der Waals surface area contributed by atoms with Gasteiger partial charge in [-0.2, -0.15) is 24.4 Å². The van der Waals surface area contributed by atoms with E-state index in [1.165, 1.54) is 11.8 Å². The van der Waals surface area contributed by atoms with Gasteiger partial charge >= 0.3 is 5.97 Å². The Bertz CT molecular complexity index is 857. The average molecular weight is 514 g/mol. The summed E-state index contributed by atoms with van der Waals surface area (Å²) in [6.45, 7) is 0. The molecule has 188 valence electrons. The Kier molecular flexibility index (Phi) is 13.1. The van der Waals surface area contributed by atoms with Crippen LogP contribution in [0.4, 0.5) is 0 Å². The van der Waals surface area contributed by atoms with Crippen LogP contribution in [-0.2, 0) is 30.4 Å². The van der Waals surface area contributed by atoms with Crippen LogP contribution >= 0.6 is 24.4 Å². The lowest BCUT2D eigenvalue weighted by molar-refractivity contribution is -0.142. The zero-order chi connectivity index (χ0) is 25.7. The van der Waals surface area contributed by atoms with E-state index in [1.807, 2.05) is 6.26 Å². The van der Waals surface area contributed by atoms with Crippen molar-refractivity contribution in [3.8, 4) is 0 Å². The predicted molar refractivity (Wildman–Crippen MR) is 132 cm³/mol. The molecule has 8 N–H and O–H groups in total. The smallest absolute Gasteiger partial charge is 0.326 e. The zero-order valence-corrected chi connectivity index (χ0v) is 20.4. The van der Waals surface area contributed by atoms with Gasteiger partial charge in [0, 0.05) is 12.2 Å². The molecular weight excluding hydrogens is 482 g/mol. The number of primary amides is 1. The maximum Gasteiger partial charge on any atom is 0.326 e. The van der Waals surface area contributed by atoms with Crippen molar-refractivity contribution in [3.05, 3.63) is 35.9 Å². The molecule has 0 radical (unpaired) electrons. The lowest BCUT2D eigenvalue weighted by Gasteiger charge is -2.24. The third-order valence-corrected chi connectivity index (χ3v) is 5.73. The third kappa shape index (κ3) is 10.4. The number of thioether (sulfide) groups is 1. The summed E-state index contributed by atoms with van der Waals surface area (Å²) in [7, 11) is 0. The van der Waals surface area contributed by atoms with Gasteiger partial charge in [0.1, 0.15) is 18.1 Å². The quantitative estimate of drug-likeness (QED) is 0.140. The summed E-state index contributed by atoms with van der Waals surface area (Å²) in [6.07, 6.45) is 1.73. The second-order valence-electron chi connectivity index (χ2n) is 7.45. The summed E-state index contributed by atoms with van der Waals surface area (Å²) in [4.78, 5) is 60.7. The van der Waals surface area contributed by atoms with Crippen LogP contribution in [-0.4, -0.2) is 76.6 Å². The molecule has 4 amide bonds. The minimum absolute atomic E-state index is 0.0312. The maximum absolute atomic E-state index is 12.7. The molecule has 13 heteroatoms. The van der Waals surface area contributed by atoms with Crippen molar-refractivity contribution >= 4 is 54.0 Å². The van der Waals surface area contributed by atoms with Crippen molar-refractivity contribution < 1.29 is 29.1 Å². The van der Waals surface area contributed by atoms with Crippen molar-refractivity contribution in [2.24, 2.45) is 11.5 Å². The highest BCUT2D eigenvalue weighted by atomic mass is 32.2. The molecule has 34 heavy (non-hydrogen) atoms. The molecule has 0 fully saturated rings. The van der Waals surface area contributed by atoms with E-state index in [0.717, 1.165) is 0 Å². The number of carbonyl (C=O) groups is 5. The van der Waals surface area contributed by atoms with Gasteiger partial charge in [-0.25, -0.2) is 4.79 Å². The predicted octanol–water partition coefficient (Wildman–Crippen LogP) is -1.35. The first-order chi connectivity index (χ1) is 16.1. The highest BCUT2D eigenvalue weighted by Gasteiger charge is 2.30. The van der Waals surface area contributed by atoms with Gasteiger partial charge in [0.25, 0.3) is 0 Å². The number of amides is 4. The fourth-order valence-corrected chi connectivity index (χ4v) is 3.60. The molecule has 0 saturated carbocycles. The number of thiol groups is 1. The number of hydrogen-bond donors (Lipinski definition) is 7. The number of hydrogen-bond acceptors (Lipinski definition) is 8. The Morgan fingerprint density at radius 2 is 1.53 bits per heavy atom. The first-order valence-corrected chi connectivity index (χ1v) is 12.4. The molecule has 0 bridgehead atoms. The number of nitrogens with one attached hydrogen (secondary N) is 3. The van der Waals surface area contributed by atoms with E-state index < -0.39 is 60.2 Å². The molecule has 0 aliphatic carbocycles. The molecule has 0 heterocycles. The van der Waals surface area contributed by atoms with Crippen LogP contribution in [0.1, 0.15) is 18.4 Å². The first kappa shape index (κ1) is 29.3. The van der Waals surface area contributed by atoms with E-state index in [9.17, 15) is 29.1 Å². The number of nitrogens with two attached hydrogens (primary N) is 2. The molecule has 0 aliphatic rings. The molecule has 0 aromatic heterocycles. The number of aliphatic carboxylic acids is 1. The van der Waals surface area contributed by atoms with Crippen LogP contribution < -0.4 is 27.4 Å². The Hall–Kier alpha value is -2.77.